The second kappa shape index (κ2) is 6.37. The number of ether oxygens (including phenoxy) is 2. The molecular formula is C10H10F3IN2O3. The minimum absolute atomic E-state index is 0.0542. The van der Waals surface area contributed by atoms with Crippen LogP contribution in [0.2, 0.25) is 0 Å². The number of carbonyl (C=O) groups excluding carboxylic acids is 1. The van der Waals surface area contributed by atoms with Gasteiger partial charge in [-0.1, -0.05) is 0 Å². The normalized spacial score (nSPS) is 11.3. The monoisotopic (exact) mass is 390 g/mol. The molecule has 0 radical (unpaired) electrons. The molecule has 5 nitrogen and oxygen atoms in total. The molecule has 1 rings (SSSR count). The summed E-state index contributed by atoms with van der Waals surface area (Å²) in [7, 11) is 0. The number of aromatic nitrogens is 1. The summed E-state index contributed by atoms with van der Waals surface area (Å²) >= 11 is 1.77. The van der Waals surface area contributed by atoms with Crippen molar-refractivity contribution >= 4 is 28.6 Å². The van der Waals surface area contributed by atoms with E-state index in [1.54, 1.807) is 29.5 Å². The molecule has 0 saturated carbocycles. The molecule has 9 heteroatoms. The number of alkyl halides is 3. The van der Waals surface area contributed by atoms with Gasteiger partial charge in [0.05, 0.1) is 10.2 Å². The van der Waals surface area contributed by atoms with Crippen LogP contribution < -0.4 is 10.5 Å². The lowest BCUT2D eigenvalue weighted by atomic mass is 10.2. The van der Waals surface area contributed by atoms with Crippen LogP contribution >= 0.6 is 22.6 Å². The summed E-state index contributed by atoms with van der Waals surface area (Å²) < 4.78 is 45.2. The molecular weight excluding hydrogens is 380 g/mol. The lowest BCUT2D eigenvalue weighted by Crippen LogP contribution is -2.20. The number of esters is 1. The van der Waals surface area contributed by atoms with Crippen LogP contribution in [0.1, 0.15) is 23.0 Å². The zero-order valence-corrected chi connectivity index (χ0v) is 11.9. The average molecular weight is 390 g/mol. The van der Waals surface area contributed by atoms with Crippen molar-refractivity contribution in [3.8, 4) is 5.88 Å². The maximum absolute atomic E-state index is 12.1. The molecule has 0 saturated heterocycles. The molecule has 0 atom stereocenters. The molecule has 1 aromatic rings. The maximum Gasteiger partial charge on any atom is 0.574 e. The van der Waals surface area contributed by atoms with Crippen LogP contribution in [-0.2, 0) is 11.3 Å². The molecule has 0 bridgehead atoms. The first-order valence-electron chi connectivity index (χ1n) is 5.10. The van der Waals surface area contributed by atoms with Crippen LogP contribution in [0.3, 0.4) is 0 Å². The van der Waals surface area contributed by atoms with Gasteiger partial charge in [-0.05, 0) is 35.1 Å². The van der Waals surface area contributed by atoms with E-state index in [0.29, 0.717) is 9.13 Å². The fraction of sp³-hybridized carbons (Fsp3) is 0.400. The fourth-order valence-corrected chi connectivity index (χ4v) is 1.93. The highest BCUT2D eigenvalue weighted by Gasteiger charge is 2.33. The fourth-order valence-electron chi connectivity index (χ4n) is 1.21. The van der Waals surface area contributed by atoms with Gasteiger partial charge >= 0.3 is 12.3 Å². The highest BCUT2D eigenvalue weighted by Crippen LogP contribution is 2.26. The maximum atomic E-state index is 12.1. The van der Waals surface area contributed by atoms with E-state index in [1.807, 2.05) is 0 Å². The number of carbonyl (C=O) groups is 1. The van der Waals surface area contributed by atoms with Gasteiger partial charge in [-0.2, -0.15) is 0 Å². The van der Waals surface area contributed by atoms with Gasteiger partial charge < -0.3 is 15.2 Å². The van der Waals surface area contributed by atoms with E-state index in [2.05, 4.69) is 9.72 Å². The number of rotatable bonds is 4. The molecule has 1 heterocycles. The number of halogens is 4. The summed E-state index contributed by atoms with van der Waals surface area (Å²) in [6.45, 7) is 1.60. The summed E-state index contributed by atoms with van der Waals surface area (Å²) in [5.74, 6) is -1.56. The van der Waals surface area contributed by atoms with Crippen molar-refractivity contribution in [2.45, 2.75) is 19.8 Å². The van der Waals surface area contributed by atoms with Crippen LogP contribution in [-0.4, -0.2) is 23.9 Å². The van der Waals surface area contributed by atoms with E-state index >= 15 is 0 Å². The summed E-state index contributed by atoms with van der Waals surface area (Å²) in [6.07, 6.45) is -4.89. The number of hydrogen-bond acceptors (Lipinski definition) is 5. The van der Waals surface area contributed by atoms with E-state index in [4.69, 9.17) is 10.5 Å². The lowest BCUT2D eigenvalue weighted by molar-refractivity contribution is -0.276. The Morgan fingerprint density at radius 1 is 1.53 bits per heavy atom. The predicted octanol–water partition coefficient (Wildman–Crippen LogP) is 2.22. The first kappa shape index (κ1) is 16.0. The second-order valence-corrected chi connectivity index (χ2v) is 4.33. The Labute approximate surface area is 120 Å². The van der Waals surface area contributed by atoms with Crippen molar-refractivity contribution in [3.05, 3.63) is 20.9 Å². The summed E-state index contributed by atoms with van der Waals surface area (Å²) in [4.78, 5) is 15.1. The Kier molecular flexibility index (Phi) is 5.35. The molecule has 2 N–H and O–H groups in total. The first-order chi connectivity index (χ1) is 8.78. The molecule has 0 aliphatic rings. The standard InChI is InChI=1S/C10H10F3IN2O3/c1-2-18-9(17)8-7(14)5(4-15)3-6(16-8)19-10(11,12)13/h3H,2,4,15H2,1H3. The molecule has 0 aromatic carbocycles. The SMILES string of the molecule is CCOC(=O)c1nc(OC(F)(F)F)cc(CN)c1I. The van der Waals surface area contributed by atoms with E-state index in [0.717, 1.165) is 6.07 Å². The largest absolute Gasteiger partial charge is 0.574 e. The van der Waals surface area contributed by atoms with Crippen molar-refractivity contribution in [2.24, 2.45) is 5.73 Å². The first-order valence-corrected chi connectivity index (χ1v) is 6.18. The summed E-state index contributed by atoms with van der Waals surface area (Å²) in [6, 6.07) is 1.04. The second-order valence-electron chi connectivity index (χ2n) is 3.25. The van der Waals surface area contributed by atoms with Crippen LogP contribution in [0.25, 0.3) is 0 Å². The molecule has 0 aliphatic heterocycles. The van der Waals surface area contributed by atoms with Gasteiger partial charge in [0.2, 0.25) is 5.88 Å². The topological polar surface area (TPSA) is 74.4 Å². The van der Waals surface area contributed by atoms with Crippen molar-refractivity contribution in [1.82, 2.24) is 4.98 Å². The van der Waals surface area contributed by atoms with Crippen molar-refractivity contribution < 1.29 is 27.4 Å². The minimum atomic E-state index is -4.89. The molecule has 19 heavy (non-hydrogen) atoms. The van der Waals surface area contributed by atoms with Crippen molar-refractivity contribution in [1.29, 1.82) is 0 Å². The quantitative estimate of drug-likeness (QED) is 0.631. The van der Waals surface area contributed by atoms with Gasteiger partial charge in [0.1, 0.15) is 0 Å². The van der Waals surface area contributed by atoms with E-state index in [1.165, 1.54) is 0 Å². The van der Waals surface area contributed by atoms with Gasteiger partial charge in [-0.25, -0.2) is 9.78 Å². The van der Waals surface area contributed by atoms with Gasteiger partial charge in [-0.3, -0.25) is 0 Å². The zero-order chi connectivity index (χ0) is 14.6. The number of pyridine rings is 1. The zero-order valence-electron chi connectivity index (χ0n) is 9.75. The third-order valence-electron chi connectivity index (χ3n) is 1.92. The van der Waals surface area contributed by atoms with Crippen LogP contribution in [0.5, 0.6) is 5.88 Å². The van der Waals surface area contributed by atoms with E-state index in [-0.39, 0.29) is 18.8 Å². The highest BCUT2D eigenvalue weighted by molar-refractivity contribution is 14.1. The van der Waals surface area contributed by atoms with Gasteiger partial charge in [0, 0.05) is 12.6 Å². The average Bonchev–Trinajstić information content (AvgIpc) is 2.29. The molecule has 0 spiro atoms. The Morgan fingerprint density at radius 2 is 2.16 bits per heavy atom. The van der Waals surface area contributed by atoms with Gasteiger partial charge in [-0.15, -0.1) is 13.2 Å². The number of hydrogen-bond donors (Lipinski definition) is 1. The van der Waals surface area contributed by atoms with Crippen LogP contribution in [0.15, 0.2) is 6.07 Å². The lowest BCUT2D eigenvalue weighted by Gasteiger charge is -2.12. The Morgan fingerprint density at radius 3 is 2.63 bits per heavy atom. The highest BCUT2D eigenvalue weighted by atomic mass is 127. The van der Waals surface area contributed by atoms with E-state index in [9.17, 15) is 18.0 Å². The van der Waals surface area contributed by atoms with Crippen LogP contribution in [0, 0.1) is 3.57 Å². The number of nitrogens with zero attached hydrogens (tertiary/aromatic N) is 1. The molecule has 0 unspecified atom stereocenters. The molecule has 0 aliphatic carbocycles. The molecule has 106 valence electrons. The Hall–Kier alpha value is -1.10. The Bertz CT molecular complexity index is 480. The summed E-state index contributed by atoms with van der Waals surface area (Å²) in [5.41, 5.74) is 5.48. The van der Waals surface area contributed by atoms with Gasteiger partial charge in [0.15, 0.2) is 5.69 Å². The minimum Gasteiger partial charge on any atom is -0.461 e. The van der Waals surface area contributed by atoms with Crippen molar-refractivity contribution in [3.63, 3.8) is 0 Å². The Balaban J connectivity index is 3.22. The van der Waals surface area contributed by atoms with Crippen LogP contribution in [0.4, 0.5) is 13.2 Å². The molecule has 0 fully saturated rings. The van der Waals surface area contributed by atoms with Crippen molar-refractivity contribution in [2.75, 3.05) is 6.61 Å². The third-order valence-corrected chi connectivity index (χ3v) is 3.12. The smallest absolute Gasteiger partial charge is 0.461 e. The van der Waals surface area contributed by atoms with E-state index < -0.39 is 18.2 Å². The summed E-state index contributed by atoms with van der Waals surface area (Å²) in [5, 5.41) is 0. The number of nitrogens with two attached hydrogens (primary N) is 1. The molecule has 0 amide bonds. The third kappa shape index (κ3) is 4.49. The predicted molar refractivity (Wildman–Crippen MR) is 67.5 cm³/mol. The molecule has 1 aromatic heterocycles. The van der Waals surface area contributed by atoms with Gasteiger partial charge in [0.25, 0.3) is 0 Å².